The lowest BCUT2D eigenvalue weighted by molar-refractivity contribution is -0.114. The van der Waals surface area contributed by atoms with Gasteiger partial charge in [-0.05, 0) is 61.5 Å². The first-order chi connectivity index (χ1) is 14.5. The van der Waals surface area contributed by atoms with Crippen molar-refractivity contribution in [3.05, 3.63) is 59.9 Å². The normalized spacial score (nSPS) is 13.5. The maximum atomic E-state index is 11.5. The van der Waals surface area contributed by atoms with E-state index < -0.39 is 0 Å². The molecule has 0 fully saturated rings. The second-order valence-electron chi connectivity index (χ2n) is 7.53. The van der Waals surface area contributed by atoms with Gasteiger partial charge in [-0.2, -0.15) is 0 Å². The molecule has 1 aromatic carbocycles. The van der Waals surface area contributed by atoms with Gasteiger partial charge in [0.25, 0.3) is 0 Å². The van der Waals surface area contributed by atoms with E-state index in [4.69, 9.17) is 0 Å². The summed E-state index contributed by atoms with van der Waals surface area (Å²) in [5.41, 5.74) is 6.58. The average Bonchev–Trinajstić information content (AvgIpc) is 2.90. The van der Waals surface area contributed by atoms with Crippen LogP contribution in [0.1, 0.15) is 24.5 Å². The zero-order chi connectivity index (χ0) is 21.1. The van der Waals surface area contributed by atoms with Gasteiger partial charge in [-0.15, -0.1) is 0 Å². The predicted octanol–water partition coefficient (Wildman–Crippen LogP) is 4.02. The maximum absolute atomic E-state index is 11.5. The highest BCUT2D eigenvalue weighted by Gasteiger charge is 2.15. The van der Waals surface area contributed by atoms with Gasteiger partial charge in [-0.3, -0.25) is 20.1 Å². The summed E-state index contributed by atoms with van der Waals surface area (Å²) >= 11 is 0. The Morgan fingerprint density at radius 1 is 1.27 bits per heavy atom. The highest BCUT2D eigenvalue weighted by molar-refractivity contribution is 6.12. The van der Waals surface area contributed by atoms with Crippen LogP contribution in [0.5, 0.6) is 0 Å². The van der Waals surface area contributed by atoms with Crippen LogP contribution in [0.2, 0.25) is 0 Å². The first-order valence-corrected chi connectivity index (χ1v) is 9.79. The number of pyridine rings is 1. The number of carbonyl (C=O) groups excluding carboxylic acids is 1. The molecule has 30 heavy (non-hydrogen) atoms. The Bertz CT molecular complexity index is 1190. The maximum Gasteiger partial charge on any atom is 0.223 e. The summed E-state index contributed by atoms with van der Waals surface area (Å²) in [5, 5.41) is 2.74. The molecule has 4 rings (SSSR count). The number of aromatic nitrogens is 3. The first-order valence-electron chi connectivity index (χ1n) is 9.79. The van der Waals surface area contributed by atoms with Crippen LogP contribution in [0.3, 0.4) is 0 Å². The quantitative estimate of drug-likeness (QED) is 0.677. The Morgan fingerprint density at radius 2 is 2.13 bits per heavy atom. The largest absolute Gasteiger partial charge is 0.323 e. The summed E-state index contributed by atoms with van der Waals surface area (Å²) in [4.78, 5) is 30.4. The van der Waals surface area contributed by atoms with Gasteiger partial charge in [0.2, 0.25) is 11.9 Å². The molecule has 152 valence electrons. The molecule has 1 amide bonds. The van der Waals surface area contributed by atoms with Gasteiger partial charge < -0.3 is 9.88 Å². The molecule has 7 nitrogen and oxygen atoms in total. The third-order valence-corrected chi connectivity index (χ3v) is 4.70. The third-order valence-electron chi connectivity index (χ3n) is 4.70. The van der Waals surface area contributed by atoms with Crippen LogP contribution in [0, 0.1) is 0 Å². The molecule has 3 aromatic rings. The van der Waals surface area contributed by atoms with Crippen molar-refractivity contribution < 1.29 is 4.79 Å². The molecule has 0 spiro atoms. The topological polar surface area (TPSA) is 86.3 Å². The van der Waals surface area contributed by atoms with E-state index in [2.05, 4.69) is 48.4 Å². The minimum Gasteiger partial charge on any atom is -0.323 e. The molecule has 0 bridgehead atoms. The van der Waals surface area contributed by atoms with E-state index in [0.29, 0.717) is 5.95 Å². The molecule has 0 atom stereocenters. The second-order valence-corrected chi connectivity index (χ2v) is 7.53. The van der Waals surface area contributed by atoms with Gasteiger partial charge in [-0.1, -0.05) is 12.2 Å². The molecule has 0 aliphatic carbocycles. The van der Waals surface area contributed by atoms with E-state index in [0.717, 1.165) is 46.4 Å². The molecule has 0 saturated carbocycles. The van der Waals surface area contributed by atoms with Crippen LogP contribution in [-0.2, 0) is 11.3 Å². The summed E-state index contributed by atoms with van der Waals surface area (Å²) in [6, 6.07) is 8.22. The molecule has 1 aliphatic heterocycles. The number of hydrogen-bond donors (Lipinski definition) is 2. The van der Waals surface area contributed by atoms with Crippen molar-refractivity contribution in [1.82, 2.24) is 19.9 Å². The van der Waals surface area contributed by atoms with E-state index >= 15 is 0 Å². The molecule has 0 unspecified atom stereocenters. The molecule has 1 aliphatic rings. The van der Waals surface area contributed by atoms with Crippen molar-refractivity contribution >= 4 is 34.7 Å². The Kier molecular flexibility index (Phi) is 5.54. The number of aromatic amines is 1. The van der Waals surface area contributed by atoms with Crippen molar-refractivity contribution in [1.29, 1.82) is 0 Å². The number of hydrogen-bond acceptors (Lipinski definition) is 5. The summed E-state index contributed by atoms with van der Waals surface area (Å²) in [5.74, 6) is 0.247. The molecule has 3 heterocycles. The molecular formula is C23H24N6O. The first kappa shape index (κ1) is 19.7. The number of nitrogens with one attached hydrogen (secondary N) is 2. The van der Waals surface area contributed by atoms with Crippen LogP contribution in [0.25, 0.3) is 27.9 Å². The Balaban J connectivity index is 1.88. The Morgan fingerprint density at radius 3 is 2.93 bits per heavy atom. The number of allylic oxidation sites excluding steroid dienone is 3. The van der Waals surface area contributed by atoms with Gasteiger partial charge in [-0.25, -0.2) is 4.98 Å². The van der Waals surface area contributed by atoms with E-state index in [1.807, 2.05) is 44.7 Å². The number of rotatable bonds is 5. The van der Waals surface area contributed by atoms with Gasteiger partial charge >= 0.3 is 0 Å². The third kappa shape index (κ3) is 4.36. The van der Waals surface area contributed by atoms with Crippen molar-refractivity contribution in [3.8, 4) is 11.3 Å². The lowest BCUT2D eigenvalue weighted by atomic mass is 9.99. The number of fused-ring (bicyclic) bond motifs is 1. The number of anilines is 1. The average molecular weight is 400 g/mol. The monoisotopic (exact) mass is 400 g/mol. The summed E-state index contributed by atoms with van der Waals surface area (Å²) < 4.78 is 0. The summed E-state index contributed by atoms with van der Waals surface area (Å²) in [6.07, 6.45) is 10.4. The Labute approximate surface area is 175 Å². The molecule has 2 aromatic heterocycles. The van der Waals surface area contributed by atoms with E-state index in [-0.39, 0.29) is 5.91 Å². The SMILES string of the molecule is CC(=O)Nc1nc2cc(C3=CCC=CN=C3)cc(-c3cc(CN(C)C)ccn3)c2[nH]1. The van der Waals surface area contributed by atoms with Gasteiger partial charge in [0, 0.05) is 37.6 Å². The predicted molar refractivity (Wildman–Crippen MR) is 121 cm³/mol. The molecule has 2 N–H and O–H groups in total. The van der Waals surface area contributed by atoms with Crippen molar-refractivity contribution in [2.24, 2.45) is 4.99 Å². The molecule has 0 radical (unpaired) electrons. The fourth-order valence-electron chi connectivity index (χ4n) is 3.48. The van der Waals surface area contributed by atoms with E-state index in [1.165, 1.54) is 12.5 Å². The number of benzene rings is 1. The van der Waals surface area contributed by atoms with E-state index in [1.54, 1.807) is 6.20 Å². The van der Waals surface area contributed by atoms with Crippen LogP contribution < -0.4 is 5.32 Å². The lowest BCUT2D eigenvalue weighted by Crippen LogP contribution is -2.10. The lowest BCUT2D eigenvalue weighted by Gasteiger charge is -2.12. The Hall–Kier alpha value is -3.58. The minimum atomic E-state index is -0.174. The summed E-state index contributed by atoms with van der Waals surface area (Å²) in [6.45, 7) is 2.29. The highest BCUT2D eigenvalue weighted by Crippen LogP contribution is 2.32. The van der Waals surface area contributed by atoms with Crippen LogP contribution in [0.4, 0.5) is 5.95 Å². The molecule has 7 heteroatoms. The number of nitrogens with zero attached hydrogens (tertiary/aromatic N) is 4. The van der Waals surface area contributed by atoms with Gasteiger partial charge in [0.15, 0.2) is 0 Å². The molecule has 0 saturated heterocycles. The van der Waals surface area contributed by atoms with Crippen molar-refractivity contribution in [2.75, 3.05) is 19.4 Å². The number of aliphatic imine (C=N–C) groups is 1. The van der Waals surface area contributed by atoms with Crippen molar-refractivity contribution in [3.63, 3.8) is 0 Å². The fourth-order valence-corrected chi connectivity index (χ4v) is 3.48. The van der Waals surface area contributed by atoms with Crippen molar-refractivity contribution in [2.45, 2.75) is 19.9 Å². The van der Waals surface area contributed by atoms with Crippen LogP contribution in [0.15, 0.2) is 53.8 Å². The summed E-state index contributed by atoms with van der Waals surface area (Å²) in [7, 11) is 4.08. The number of imidazole rings is 1. The van der Waals surface area contributed by atoms with Gasteiger partial charge in [0.1, 0.15) is 0 Å². The van der Waals surface area contributed by atoms with Gasteiger partial charge in [0.05, 0.1) is 16.7 Å². The minimum absolute atomic E-state index is 0.174. The van der Waals surface area contributed by atoms with Crippen LogP contribution in [-0.4, -0.2) is 46.1 Å². The highest BCUT2D eigenvalue weighted by atomic mass is 16.1. The standard InChI is InChI=1S/C23H24N6O/c1-15(30)26-23-27-21-12-18(17-6-4-5-8-24-13-17)11-19(22(21)28-23)20-10-16(7-9-25-20)14-29(2)3/h5-13H,4,14H2,1-3H3,(H2,26,27,28,30). The smallest absolute Gasteiger partial charge is 0.223 e. The number of H-pyrrole nitrogens is 1. The number of carbonyl (C=O) groups is 1. The second kappa shape index (κ2) is 8.42. The van der Waals surface area contributed by atoms with Crippen LogP contribution >= 0.6 is 0 Å². The van der Waals surface area contributed by atoms with E-state index in [9.17, 15) is 4.79 Å². The molecular weight excluding hydrogens is 376 g/mol. The zero-order valence-electron chi connectivity index (χ0n) is 17.3. The zero-order valence-corrected chi connectivity index (χ0v) is 17.3. The fraction of sp³-hybridized carbons (Fsp3) is 0.217. The number of amides is 1.